The van der Waals surface area contributed by atoms with Gasteiger partial charge in [0.25, 0.3) is 15.6 Å². The number of carbonyl (C=O) groups excluding carboxylic acids is 1. The van der Waals surface area contributed by atoms with Gasteiger partial charge < -0.3 is 10.3 Å². The number of carbonyl (C=O) groups is 1. The molecule has 0 bridgehead atoms. The van der Waals surface area contributed by atoms with E-state index in [2.05, 4.69) is 10.3 Å². The maximum absolute atomic E-state index is 12.7. The average molecular weight is 410 g/mol. The first kappa shape index (κ1) is 19.8. The number of hydrogen-bond acceptors (Lipinski definition) is 5. The zero-order valence-corrected chi connectivity index (χ0v) is 17.0. The molecule has 2 aromatic heterocycles. The van der Waals surface area contributed by atoms with E-state index in [4.69, 9.17) is 0 Å². The summed E-state index contributed by atoms with van der Waals surface area (Å²) in [5.41, 5.74) is 1.91. The van der Waals surface area contributed by atoms with Crippen molar-refractivity contribution in [1.82, 2.24) is 14.6 Å². The lowest BCUT2D eigenvalue weighted by Gasteiger charge is -2.30. The molecule has 1 amide bonds. The average Bonchev–Trinajstić information content (AvgIpc) is 3.16. The predicted molar refractivity (Wildman–Crippen MR) is 104 cm³/mol. The predicted octanol–water partition coefficient (Wildman–Crippen LogP) is 1.77. The van der Waals surface area contributed by atoms with Crippen molar-refractivity contribution in [3.05, 3.63) is 50.8 Å². The molecule has 1 fully saturated rings. The van der Waals surface area contributed by atoms with Crippen LogP contribution in [0.1, 0.15) is 29.7 Å². The van der Waals surface area contributed by atoms with Crippen molar-refractivity contribution < 1.29 is 13.2 Å². The molecule has 3 heterocycles. The molecule has 0 radical (unpaired) electrons. The zero-order chi connectivity index (χ0) is 19.6. The highest BCUT2D eigenvalue weighted by Gasteiger charge is 2.33. The van der Waals surface area contributed by atoms with Crippen molar-refractivity contribution in [2.24, 2.45) is 5.92 Å². The molecule has 1 aliphatic heterocycles. The molecule has 2 N–H and O–H groups in total. The summed E-state index contributed by atoms with van der Waals surface area (Å²) in [6.07, 6.45) is 1.26. The second-order valence-electron chi connectivity index (χ2n) is 6.80. The smallest absolute Gasteiger partial charge is 0.253 e. The fourth-order valence-electron chi connectivity index (χ4n) is 3.33. The second kappa shape index (κ2) is 7.95. The van der Waals surface area contributed by atoms with Crippen LogP contribution in [0, 0.1) is 19.8 Å². The molecule has 1 aliphatic rings. The van der Waals surface area contributed by atoms with Crippen molar-refractivity contribution in [3.63, 3.8) is 0 Å². The summed E-state index contributed by atoms with van der Waals surface area (Å²) >= 11 is 1.18. The molecule has 9 heteroatoms. The van der Waals surface area contributed by atoms with Crippen LogP contribution in [-0.4, -0.2) is 36.7 Å². The molecule has 0 unspecified atom stereocenters. The van der Waals surface area contributed by atoms with Crippen LogP contribution >= 0.6 is 11.3 Å². The number of hydrogen-bond donors (Lipinski definition) is 2. The first-order valence-electron chi connectivity index (χ1n) is 8.80. The molecule has 0 saturated carbocycles. The number of thiophene rings is 1. The normalized spacial score (nSPS) is 18.4. The van der Waals surface area contributed by atoms with Crippen molar-refractivity contribution in [2.75, 3.05) is 13.1 Å². The number of nitrogens with zero attached hydrogens (tertiary/aromatic N) is 1. The monoisotopic (exact) mass is 409 g/mol. The second-order valence-corrected chi connectivity index (χ2v) is 9.91. The Morgan fingerprint density at radius 2 is 2.19 bits per heavy atom. The Balaban J connectivity index is 1.66. The Hall–Kier alpha value is -1.97. The Morgan fingerprint density at radius 1 is 1.41 bits per heavy atom. The highest BCUT2D eigenvalue weighted by Crippen LogP contribution is 2.26. The van der Waals surface area contributed by atoms with E-state index in [1.165, 1.54) is 15.6 Å². The van der Waals surface area contributed by atoms with Crippen LogP contribution in [0.2, 0.25) is 0 Å². The van der Waals surface area contributed by atoms with E-state index < -0.39 is 15.9 Å². The van der Waals surface area contributed by atoms with Gasteiger partial charge in [-0.1, -0.05) is 6.07 Å². The van der Waals surface area contributed by atoms with Gasteiger partial charge in [-0.25, -0.2) is 8.42 Å². The molecule has 1 saturated heterocycles. The molecule has 1 atom stereocenters. The third kappa shape index (κ3) is 4.31. The standard InChI is InChI=1S/C18H23N3O4S2/c1-12-9-13(2)20-18(23)15(12)10-19-17(22)14-5-3-7-21(11-14)27(24,25)16-6-4-8-26-16/h4,6,8-9,14H,3,5,7,10-11H2,1-2H3,(H,19,22)(H,20,23)/t14-/m1/s1. The van der Waals surface area contributed by atoms with Crippen LogP contribution in [0.4, 0.5) is 0 Å². The van der Waals surface area contributed by atoms with Crippen molar-refractivity contribution in [2.45, 2.75) is 37.4 Å². The molecule has 0 aliphatic carbocycles. The lowest BCUT2D eigenvalue weighted by atomic mass is 9.98. The third-order valence-corrected chi connectivity index (χ3v) is 8.02. The minimum atomic E-state index is -3.55. The Bertz CT molecular complexity index is 981. The SMILES string of the molecule is Cc1cc(C)c(CNC(=O)[C@@H]2CCCN(S(=O)(=O)c3cccs3)C2)c(=O)[nH]1. The molecular formula is C18H23N3O4S2. The first-order chi connectivity index (χ1) is 12.8. The number of rotatable bonds is 5. The van der Waals surface area contributed by atoms with E-state index in [9.17, 15) is 18.0 Å². The van der Waals surface area contributed by atoms with Gasteiger partial charge in [0.05, 0.1) is 5.92 Å². The fraction of sp³-hybridized carbons (Fsp3) is 0.444. The van der Waals surface area contributed by atoms with Gasteiger partial charge in [-0.3, -0.25) is 9.59 Å². The Labute approximate surface area is 162 Å². The number of nitrogens with one attached hydrogen (secondary N) is 2. The topological polar surface area (TPSA) is 99.3 Å². The van der Waals surface area contributed by atoms with Gasteiger partial charge in [-0.15, -0.1) is 11.3 Å². The molecule has 2 aromatic rings. The van der Waals surface area contributed by atoms with E-state index in [1.807, 2.05) is 13.0 Å². The number of aromatic nitrogens is 1. The maximum Gasteiger partial charge on any atom is 0.253 e. The van der Waals surface area contributed by atoms with Gasteiger partial charge in [0.2, 0.25) is 5.91 Å². The highest BCUT2D eigenvalue weighted by atomic mass is 32.2. The van der Waals surface area contributed by atoms with Crippen LogP contribution < -0.4 is 10.9 Å². The fourth-order valence-corrected chi connectivity index (χ4v) is 6.00. The van der Waals surface area contributed by atoms with E-state index in [0.717, 1.165) is 11.3 Å². The van der Waals surface area contributed by atoms with Crippen LogP contribution in [0.3, 0.4) is 0 Å². The highest BCUT2D eigenvalue weighted by molar-refractivity contribution is 7.91. The third-order valence-electron chi connectivity index (χ3n) is 4.78. The van der Waals surface area contributed by atoms with Crippen LogP contribution in [-0.2, 0) is 21.4 Å². The van der Waals surface area contributed by atoms with Gasteiger partial charge in [-0.05, 0) is 49.8 Å². The Kier molecular flexibility index (Phi) is 5.83. The number of pyridine rings is 1. The summed E-state index contributed by atoms with van der Waals surface area (Å²) in [5.74, 6) is -0.640. The number of sulfonamides is 1. The van der Waals surface area contributed by atoms with Crippen LogP contribution in [0.5, 0.6) is 0 Å². The van der Waals surface area contributed by atoms with E-state index in [1.54, 1.807) is 24.4 Å². The summed E-state index contributed by atoms with van der Waals surface area (Å²) in [4.78, 5) is 27.4. The number of piperidine rings is 1. The minimum Gasteiger partial charge on any atom is -0.352 e. The minimum absolute atomic E-state index is 0.133. The van der Waals surface area contributed by atoms with Gasteiger partial charge in [-0.2, -0.15) is 4.31 Å². The quantitative estimate of drug-likeness (QED) is 0.786. The van der Waals surface area contributed by atoms with Gasteiger partial charge >= 0.3 is 0 Å². The largest absolute Gasteiger partial charge is 0.352 e. The van der Waals surface area contributed by atoms with Crippen molar-refractivity contribution in [3.8, 4) is 0 Å². The van der Waals surface area contributed by atoms with Crippen LogP contribution in [0.25, 0.3) is 0 Å². The molecular weight excluding hydrogens is 386 g/mol. The Morgan fingerprint density at radius 3 is 2.85 bits per heavy atom. The molecule has 146 valence electrons. The summed E-state index contributed by atoms with van der Waals surface area (Å²) < 4.78 is 27.0. The van der Waals surface area contributed by atoms with Gasteiger partial charge in [0.15, 0.2) is 0 Å². The summed E-state index contributed by atoms with van der Waals surface area (Å²) in [6.45, 7) is 4.35. The zero-order valence-electron chi connectivity index (χ0n) is 15.3. The summed E-state index contributed by atoms with van der Waals surface area (Å²) in [5, 5.41) is 4.52. The van der Waals surface area contributed by atoms with Crippen LogP contribution in [0.15, 0.2) is 32.6 Å². The molecule has 27 heavy (non-hydrogen) atoms. The summed E-state index contributed by atoms with van der Waals surface area (Å²) in [6, 6.07) is 5.14. The lowest BCUT2D eigenvalue weighted by Crippen LogP contribution is -2.45. The lowest BCUT2D eigenvalue weighted by molar-refractivity contribution is -0.126. The van der Waals surface area contributed by atoms with E-state index >= 15 is 0 Å². The molecule has 0 spiro atoms. The maximum atomic E-state index is 12.7. The van der Waals surface area contributed by atoms with Gasteiger partial charge in [0.1, 0.15) is 4.21 Å². The summed E-state index contributed by atoms with van der Waals surface area (Å²) in [7, 11) is -3.55. The first-order valence-corrected chi connectivity index (χ1v) is 11.1. The van der Waals surface area contributed by atoms with E-state index in [-0.39, 0.29) is 24.6 Å². The molecule has 0 aromatic carbocycles. The number of aromatic amines is 1. The number of amides is 1. The van der Waals surface area contributed by atoms with Crippen molar-refractivity contribution >= 4 is 27.3 Å². The molecule has 7 nitrogen and oxygen atoms in total. The number of aryl methyl sites for hydroxylation is 2. The van der Waals surface area contributed by atoms with E-state index in [0.29, 0.717) is 29.2 Å². The van der Waals surface area contributed by atoms with Crippen molar-refractivity contribution in [1.29, 1.82) is 0 Å². The number of H-pyrrole nitrogens is 1. The molecule has 3 rings (SSSR count). The van der Waals surface area contributed by atoms with Gasteiger partial charge in [0, 0.05) is 30.9 Å².